The lowest BCUT2D eigenvalue weighted by Crippen LogP contribution is -2.47. The average molecular weight is 327 g/mol. The number of hydrogen-bond acceptors (Lipinski definition) is 5. The summed E-state index contributed by atoms with van der Waals surface area (Å²) in [6.45, 7) is 3.25. The zero-order valence-corrected chi connectivity index (χ0v) is 14.0. The van der Waals surface area contributed by atoms with E-state index in [1.807, 2.05) is 0 Å². The van der Waals surface area contributed by atoms with E-state index in [4.69, 9.17) is 4.52 Å². The van der Waals surface area contributed by atoms with Gasteiger partial charge in [-0.05, 0) is 38.8 Å². The number of ketones is 1. The van der Waals surface area contributed by atoms with Crippen molar-refractivity contribution in [3.8, 4) is 0 Å². The molecule has 1 saturated carbocycles. The van der Waals surface area contributed by atoms with Crippen molar-refractivity contribution in [2.45, 2.75) is 51.5 Å². The lowest BCUT2D eigenvalue weighted by atomic mass is 9.81. The summed E-state index contributed by atoms with van der Waals surface area (Å²) >= 11 is 0. The van der Waals surface area contributed by atoms with Crippen LogP contribution in [0.5, 0.6) is 0 Å². The second-order valence-electron chi connectivity index (χ2n) is 6.38. The summed E-state index contributed by atoms with van der Waals surface area (Å²) in [7, 11) is 0. The van der Waals surface area contributed by atoms with Crippen LogP contribution in [-0.2, 0) is 5.54 Å². The molecular formula is C18H21N3O3. The Morgan fingerprint density at radius 3 is 2.50 bits per heavy atom. The molecule has 1 aromatic carbocycles. The highest BCUT2D eigenvalue weighted by Crippen LogP contribution is 2.36. The lowest BCUT2D eigenvalue weighted by molar-refractivity contribution is 0.0824. The van der Waals surface area contributed by atoms with Crippen molar-refractivity contribution in [1.82, 2.24) is 15.5 Å². The predicted octanol–water partition coefficient (Wildman–Crippen LogP) is 3.17. The normalized spacial score (nSPS) is 16.6. The summed E-state index contributed by atoms with van der Waals surface area (Å²) in [5.41, 5.74) is 0.362. The number of hydrogen-bond donors (Lipinski definition) is 1. The predicted molar refractivity (Wildman–Crippen MR) is 87.7 cm³/mol. The number of aryl methyl sites for hydroxylation is 1. The number of aromatic nitrogens is 2. The van der Waals surface area contributed by atoms with E-state index in [1.165, 1.54) is 6.92 Å². The molecule has 1 heterocycles. The summed E-state index contributed by atoms with van der Waals surface area (Å²) < 4.78 is 5.38. The van der Waals surface area contributed by atoms with Crippen LogP contribution in [0.4, 0.5) is 0 Å². The van der Waals surface area contributed by atoms with Gasteiger partial charge in [0.1, 0.15) is 5.54 Å². The van der Waals surface area contributed by atoms with Crippen molar-refractivity contribution < 1.29 is 14.1 Å². The fraction of sp³-hybridized carbons (Fsp3) is 0.444. The maximum absolute atomic E-state index is 12.8. The molecule has 0 atom stereocenters. The molecule has 0 spiro atoms. The largest absolute Gasteiger partial charge is 0.338 e. The molecule has 3 rings (SSSR count). The molecule has 0 saturated heterocycles. The molecule has 1 aromatic heterocycles. The van der Waals surface area contributed by atoms with E-state index in [-0.39, 0.29) is 11.7 Å². The monoisotopic (exact) mass is 327 g/mol. The number of nitrogens with one attached hydrogen (secondary N) is 1. The second-order valence-corrected chi connectivity index (χ2v) is 6.38. The minimum Gasteiger partial charge on any atom is -0.338 e. The second kappa shape index (κ2) is 6.55. The summed E-state index contributed by atoms with van der Waals surface area (Å²) in [5.74, 6) is 0.735. The Kier molecular flexibility index (Phi) is 4.46. The third kappa shape index (κ3) is 3.22. The molecule has 24 heavy (non-hydrogen) atoms. The van der Waals surface area contributed by atoms with Gasteiger partial charge in [0, 0.05) is 11.1 Å². The van der Waals surface area contributed by atoms with Crippen molar-refractivity contribution in [2.24, 2.45) is 0 Å². The molecule has 6 nitrogen and oxygen atoms in total. The number of carbonyl (C=O) groups excluding carboxylic acids is 2. The van der Waals surface area contributed by atoms with Gasteiger partial charge in [-0.2, -0.15) is 4.98 Å². The van der Waals surface area contributed by atoms with E-state index in [2.05, 4.69) is 15.5 Å². The van der Waals surface area contributed by atoms with Crippen LogP contribution in [0, 0.1) is 6.92 Å². The van der Waals surface area contributed by atoms with Gasteiger partial charge >= 0.3 is 0 Å². The SMILES string of the molecule is CC(=O)c1cccc(C(=O)NC2(c3nc(C)no3)CCCCC2)c1. The molecule has 2 aromatic rings. The van der Waals surface area contributed by atoms with Crippen molar-refractivity contribution in [3.63, 3.8) is 0 Å². The Morgan fingerprint density at radius 1 is 1.17 bits per heavy atom. The van der Waals surface area contributed by atoms with Gasteiger partial charge in [0.25, 0.3) is 11.8 Å². The summed E-state index contributed by atoms with van der Waals surface area (Å²) in [5, 5.41) is 6.97. The molecule has 0 aliphatic heterocycles. The third-order valence-corrected chi connectivity index (χ3v) is 4.53. The van der Waals surface area contributed by atoms with Crippen LogP contribution in [0.2, 0.25) is 0 Å². The smallest absolute Gasteiger partial charge is 0.252 e. The molecule has 1 aliphatic carbocycles. The van der Waals surface area contributed by atoms with E-state index in [0.29, 0.717) is 22.8 Å². The van der Waals surface area contributed by atoms with Crippen LogP contribution in [0.1, 0.15) is 71.5 Å². The van der Waals surface area contributed by atoms with Gasteiger partial charge in [-0.15, -0.1) is 0 Å². The zero-order valence-electron chi connectivity index (χ0n) is 14.0. The molecule has 1 aliphatic rings. The van der Waals surface area contributed by atoms with Crippen LogP contribution < -0.4 is 5.32 Å². The maximum atomic E-state index is 12.8. The van der Waals surface area contributed by atoms with Crippen LogP contribution in [0.15, 0.2) is 28.8 Å². The van der Waals surface area contributed by atoms with Gasteiger partial charge < -0.3 is 9.84 Å². The molecule has 0 bridgehead atoms. The zero-order chi connectivity index (χ0) is 17.2. The van der Waals surface area contributed by atoms with E-state index >= 15 is 0 Å². The Labute approximate surface area is 140 Å². The van der Waals surface area contributed by atoms with Gasteiger partial charge in [-0.25, -0.2) is 0 Å². The Morgan fingerprint density at radius 2 is 1.88 bits per heavy atom. The van der Waals surface area contributed by atoms with E-state index in [9.17, 15) is 9.59 Å². The van der Waals surface area contributed by atoms with Gasteiger partial charge in [0.05, 0.1) is 0 Å². The number of rotatable bonds is 4. The molecule has 6 heteroatoms. The van der Waals surface area contributed by atoms with Gasteiger partial charge in [0.15, 0.2) is 11.6 Å². The topological polar surface area (TPSA) is 85.1 Å². The lowest BCUT2D eigenvalue weighted by Gasteiger charge is -2.34. The molecule has 126 valence electrons. The molecule has 1 N–H and O–H groups in total. The first-order valence-corrected chi connectivity index (χ1v) is 8.24. The number of benzene rings is 1. The van der Waals surface area contributed by atoms with E-state index in [0.717, 1.165) is 32.1 Å². The highest BCUT2D eigenvalue weighted by Gasteiger charge is 2.40. The Balaban J connectivity index is 1.89. The number of nitrogens with zero attached hydrogens (tertiary/aromatic N) is 2. The highest BCUT2D eigenvalue weighted by molar-refractivity contribution is 5.99. The quantitative estimate of drug-likeness (QED) is 0.872. The fourth-order valence-corrected chi connectivity index (χ4v) is 3.21. The Hall–Kier alpha value is -2.50. The summed E-state index contributed by atoms with van der Waals surface area (Å²) in [6, 6.07) is 6.75. The van der Waals surface area contributed by atoms with Gasteiger partial charge in [-0.3, -0.25) is 9.59 Å². The van der Waals surface area contributed by atoms with Crippen molar-refractivity contribution in [1.29, 1.82) is 0 Å². The molecule has 1 amide bonds. The van der Waals surface area contributed by atoms with Crippen LogP contribution in [0.25, 0.3) is 0 Å². The van der Waals surface area contributed by atoms with Crippen LogP contribution in [-0.4, -0.2) is 21.8 Å². The standard InChI is InChI=1S/C18H21N3O3/c1-12(22)14-7-6-8-15(11-14)16(23)20-18(9-4-3-5-10-18)17-19-13(2)21-24-17/h6-8,11H,3-5,9-10H2,1-2H3,(H,20,23). The number of carbonyl (C=O) groups is 2. The first-order valence-electron chi connectivity index (χ1n) is 8.24. The van der Waals surface area contributed by atoms with Crippen molar-refractivity contribution in [2.75, 3.05) is 0 Å². The summed E-state index contributed by atoms with van der Waals surface area (Å²) in [4.78, 5) is 28.6. The molecule has 0 radical (unpaired) electrons. The average Bonchev–Trinajstić information content (AvgIpc) is 3.03. The van der Waals surface area contributed by atoms with Crippen molar-refractivity contribution in [3.05, 3.63) is 47.1 Å². The maximum Gasteiger partial charge on any atom is 0.252 e. The summed E-state index contributed by atoms with van der Waals surface area (Å²) in [6.07, 6.45) is 4.66. The van der Waals surface area contributed by atoms with Crippen LogP contribution in [0.3, 0.4) is 0 Å². The number of amides is 1. The Bertz CT molecular complexity index is 760. The fourth-order valence-electron chi connectivity index (χ4n) is 3.21. The first kappa shape index (κ1) is 16.4. The van der Waals surface area contributed by atoms with Crippen molar-refractivity contribution >= 4 is 11.7 Å². The van der Waals surface area contributed by atoms with Gasteiger partial charge in [0.2, 0.25) is 0 Å². The molecule has 1 fully saturated rings. The third-order valence-electron chi connectivity index (χ3n) is 4.53. The molecule has 0 unspecified atom stereocenters. The van der Waals surface area contributed by atoms with Crippen LogP contribution >= 0.6 is 0 Å². The number of Topliss-reactive ketones (excluding diaryl/α,β-unsaturated/α-hetero) is 1. The van der Waals surface area contributed by atoms with Gasteiger partial charge in [-0.1, -0.05) is 36.6 Å². The highest BCUT2D eigenvalue weighted by atomic mass is 16.5. The minimum atomic E-state index is -0.622. The first-order chi connectivity index (χ1) is 11.5. The van der Waals surface area contributed by atoms with E-state index < -0.39 is 5.54 Å². The minimum absolute atomic E-state index is 0.0652. The molecular weight excluding hydrogens is 306 g/mol. The van der Waals surface area contributed by atoms with E-state index in [1.54, 1.807) is 31.2 Å².